The lowest BCUT2D eigenvalue weighted by Crippen LogP contribution is -2.39. The second-order valence-corrected chi connectivity index (χ2v) is 5.97. The molecule has 0 fully saturated rings. The summed E-state index contributed by atoms with van der Waals surface area (Å²) < 4.78 is 7.35. The predicted octanol–water partition coefficient (Wildman–Crippen LogP) is 1.21. The fraction of sp³-hybridized carbons (Fsp3) is 0.692. The van der Waals surface area contributed by atoms with Crippen LogP contribution in [0.15, 0.2) is 12.3 Å². The number of carbonyl (C=O) groups excluding carboxylic acids is 1. The molecule has 2 rings (SSSR count). The molecule has 0 spiro atoms. The van der Waals surface area contributed by atoms with E-state index in [4.69, 9.17) is 10.5 Å². The molecule has 1 amide bonds. The van der Waals surface area contributed by atoms with Crippen molar-refractivity contribution in [2.45, 2.75) is 39.5 Å². The first-order valence-electron chi connectivity index (χ1n) is 6.58. The van der Waals surface area contributed by atoms with Crippen molar-refractivity contribution in [2.24, 2.45) is 11.7 Å². The molecule has 0 aliphatic carbocycles. The van der Waals surface area contributed by atoms with E-state index in [2.05, 4.69) is 5.10 Å². The third kappa shape index (κ3) is 3.47. The van der Waals surface area contributed by atoms with Gasteiger partial charge in [0.1, 0.15) is 5.60 Å². The van der Waals surface area contributed by atoms with Crippen LogP contribution in [0.2, 0.25) is 0 Å². The van der Waals surface area contributed by atoms with Crippen LogP contribution in [-0.4, -0.2) is 39.5 Å². The van der Waals surface area contributed by atoms with E-state index in [1.54, 1.807) is 11.1 Å². The Balaban J connectivity index is 2.15. The summed E-state index contributed by atoms with van der Waals surface area (Å²) in [7, 11) is 0. The van der Waals surface area contributed by atoms with Crippen molar-refractivity contribution in [1.29, 1.82) is 0 Å². The van der Waals surface area contributed by atoms with Crippen LogP contribution in [0.3, 0.4) is 0 Å². The highest BCUT2D eigenvalue weighted by molar-refractivity contribution is 5.68. The minimum atomic E-state index is -0.484. The molecule has 1 aliphatic heterocycles. The average Bonchev–Trinajstić information content (AvgIpc) is 2.64. The van der Waals surface area contributed by atoms with Crippen molar-refractivity contribution in [2.75, 3.05) is 13.1 Å². The molecule has 1 aromatic rings. The van der Waals surface area contributed by atoms with Crippen molar-refractivity contribution < 1.29 is 9.53 Å². The van der Waals surface area contributed by atoms with Crippen LogP contribution in [0.4, 0.5) is 4.79 Å². The third-order valence-electron chi connectivity index (χ3n) is 3.05. The van der Waals surface area contributed by atoms with E-state index in [0.717, 1.165) is 12.2 Å². The Labute approximate surface area is 113 Å². The number of ether oxygens (including phenoxy) is 1. The van der Waals surface area contributed by atoms with E-state index >= 15 is 0 Å². The van der Waals surface area contributed by atoms with Crippen LogP contribution >= 0.6 is 0 Å². The molecule has 0 aromatic carbocycles. The maximum atomic E-state index is 12.2. The molecule has 6 heteroatoms. The summed E-state index contributed by atoms with van der Waals surface area (Å²) in [6.07, 6.45) is 1.46. The molecule has 0 saturated heterocycles. The first-order chi connectivity index (χ1) is 8.89. The fourth-order valence-corrected chi connectivity index (χ4v) is 2.15. The molecule has 0 saturated carbocycles. The number of amides is 1. The van der Waals surface area contributed by atoms with Gasteiger partial charge in [-0.05, 0) is 33.4 Å². The first kappa shape index (κ1) is 13.9. The Morgan fingerprint density at radius 3 is 2.89 bits per heavy atom. The van der Waals surface area contributed by atoms with E-state index in [1.165, 1.54) is 0 Å². The fourth-order valence-electron chi connectivity index (χ4n) is 2.15. The lowest BCUT2D eigenvalue weighted by atomic mass is 10.1. The number of rotatable bonds is 1. The number of aromatic nitrogens is 2. The van der Waals surface area contributed by atoms with E-state index in [1.807, 2.05) is 31.5 Å². The van der Waals surface area contributed by atoms with Gasteiger partial charge < -0.3 is 15.4 Å². The van der Waals surface area contributed by atoms with Gasteiger partial charge in [-0.1, -0.05) is 0 Å². The minimum Gasteiger partial charge on any atom is -0.444 e. The predicted molar refractivity (Wildman–Crippen MR) is 71.4 cm³/mol. The van der Waals surface area contributed by atoms with Crippen LogP contribution in [0, 0.1) is 5.92 Å². The number of fused-ring (bicyclic) bond motifs is 1. The SMILES string of the molecule is CC(C)(C)OC(=O)N1Cc2ccnn2CC(CN)C1. The molecule has 6 nitrogen and oxygen atoms in total. The van der Waals surface area contributed by atoms with Crippen molar-refractivity contribution in [3.63, 3.8) is 0 Å². The Morgan fingerprint density at radius 1 is 1.53 bits per heavy atom. The van der Waals surface area contributed by atoms with Gasteiger partial charge in [0, 0.05) is 25.2 Å². The van der Waals surface area contributed by atoms with Gasteiger partial charge >= 0.3 is 6.09 Å². The molecule has 1 atom stereocenters. The summed E-state index contributed by atoms with van der Waals surface area (Å²) in [5, 5.41) is 4.27. The summed E-state index contributed by atoms with van der Waals surface area (Å²) in [4.78, 5) is 13.9. The summed E-state index contributed by atoms with van der Waals surface area (Å²) in [5.74, 6) is 0.202. The van der Waals surface area contributed by atoms with Crippen LogP contribution < -0.4 is 5.73 Å². The van der Waals surface area contributed by atoms with Gasteiger partial charge in [-0.25, -0.2) is 4.79 Å². The zero-order valence-electron chi connectivity index (χ0n) is 11.8. The Hall–Kier alpha value is -1.56. The molecule has 1 aromatic heterocycles. The minimum absolute atomic E-state index is 0.202. The molecule has 1 aliphatic rings. The standard InChI is InChI=1S/C13H22N4O2/c1-13(2,3)19-12(18)16-7-10(6-14)8-17-11(9-16)4-5-15-17/h4-5,10H,6-9,14H2,1-3H3. The van der Waals surface area contributed by atoms with E-state index < -0.39 is 5.60 Å². The van der Waals surface area contributed by atoms with Gasteiger partial charge in [0.05, 0.1) is 12.2 Å². The summed E-state index contributed by atoms with van der Waals surface area (Å²) in [6.45, 7) is 8.01. The van der Waals surface area contributed by atoms with Crippen molar-refractivity contribution >= 4 is 6.09 Å². The van der Waals surface area contributed by atoms with Gasteiger partial charge in [-0.3, -0.25) is 4.68 Å². The van der Waals surface area contributed by atoms with Crippen LogP contribution in [0.5, 0.6) is 0 Å². The highest BCUT2D eigenvalue weighted by Crippen LogP contribution is 2.18. The maximum Gasteiger partial charge on any atom is 0.410 e. The monoisotopic (exact) mass is 266 g/mol. The summed E-state index contributed by atoms with van der Waals surface area (Å²) in [6, 6.07) is 1.93. The smallest absolute Gasteiger partial charge is 0.410 e. The van der Waals surface area contributed by atoms with Crippen LogP contribution in [0.1, 0.15) is 26.5 Å². The quantitative estimate of drug-likeness (QED) is 0.829. The largest absolute Gasteiger partial charge is 0.444 e. The molecule has 0 radical (unpaired) electrons. The van der Waals surface area contributed by atoms with Crippen LogP contribution in [0.25, 0.3) is 0 Å². The number of nitrogens with two attached hydrogens (primary N) is 1. The molecule has 0 bridgehead atoms. The number of nitrogens with zero attached hydrogens (tertiary/aromatic N) is 3. The Morgan fingerprint density at radius 2 is 2.26 bits per heavy atom. The lowest BCUT2D eigenvalue weighted by molar-refractivity contribution is 0.0212. The maximum absolute atomic E-state index is 12.2. The highest BCUT2D eigenvalue weighted by Gasteiger charge is 2.28. The van der Waals surface area contributed by atoms with E-state index in [9.17, 15) is 4.79 Å². The first-order valence-corrected chi connectivity index (χ1v) is 6.58. The molecular formula is C13H22N4O2. The van der Waals surface area contributed by atoms with Gasteiger partial charge in [-0.2, -0.15) is 5.10 Å². The molecule has 2 heterocycles. The molecule has 19 heavy (non-hydrogen) atoms. The molecule has 2 N–H and O–H groups in total. The molecular weight excluding hydrogens is 244 g/mol. The van der Waals surface area contributed by atoms with E-state index in [0.29, 0.717) is 19.6 Å². The summed E-state index contributed by atoms with van der Waals surface area (Å²) >= 11 is 0. The van der Waals surface area contributed by atoms with Gasteiger partial charge in [0.2, 0.25) is 0 Å². The third-order valence-corrected chi connectivity index (χ3v) is 3.05. The second kappa shape index (κ2) is 5.21. The lowest BCUT2D eigenvalue weighted by Gasteiger charge is -2.27. The Bertz CT molecular complexity index is 450. The van der Waals surface area contributed by atoms with Gasteiger partial charge in [-0.15, -0.1) is 0 Å². The van der Waals surface area contributed by atoms with Crippen LogP contribution in [-0.2, 0) is 17.8 Å². The second-order valence-electron chi connectivity index (χ2n) is 5.97. The zero-order chi connectivity index (χ0) is 14.0. The van der Waals surface area contributed by atoms with Gasteiger partial charge in [0.15, 0.2) is 0 Å². The van der Waals surface area contributed by atoms with Gasteiger partial charge in [0.25, 0.3) is 0 Å². The summed E-state index contributed by atoms with van der Waals surface area (Å²) in [5.41, 5.74) is 6.30. The zero-order valence-corrected chi connectivity index (χ0v) is 11.8. The van der Waals surface area contributed by atoms with E-state index in [-0.39, 0.29) is 12.0 Å². The average molecular weight is 266 g/mol. The van der Waals surface area contributed by atoms with Crippen molar-refractivity contribution in [3.05, 3.63) is 18.0 Å². The number of hydrogen-bond acceptors (Lipinski definition) is 4. The highest BCUT2D eigenvalue weighted by atomic mass is 16.6. The molecule has 1 unspecified atom stereocenters. The number of carbonyl (C=O) groups is 1. The molecule has 106 valence electrons. The topological polar surface area (TPSA) is 73.4 Å². The van der Waals surface area contributed by atoms with Crippen molar-refractivity contribution in [1.82, 2.24) is 14.7 Å². The number of hydrogen-bond donors (Lipinski definition) is 1. The normalized spacial score (nSPS) is 19.8. The Kier molecular flexibility index (Phi) is 3.80. The van der Waals surface area contributed by atoms with Crippen molar-refractivity contribution in [3.8, 4) is 0 Å².